The lowest BCUT2D eigenvalue weighted by Crippen LogP contribution is -2.32. The molecule has 0 radical (unpaired) electrons. The maximum atomic E-state index is 13.3. The number of benzene rings is 3. The van der Waals surface area contributed by atoms with Gasteiger partial charge in [-0.1, -0.05) is 66.7 Å². The van der Waals surface area contributed by atoms with E-state index in [2.05, 4.69) is 12.1 Å². The first-order chi connectivity index (χ1) is 18.9. The van der Waals surface area contributed by atoms with E-state index in [9.17, 15) is 9.59 Å². The average Bonchev–Trinajstić information content (AvgIpc) is 3.22. The van der Waals surface area contributed by atoms with Crippen molar-refractivity contribution in [2.75, 3.05) is 20.2 Å². The Bertz CT molecular complexity index is 1460. The van der Waals surface area contributed by atoms with Crippen LogP contribution < -0.4 is 4.74 Å². The van der Waals surface area contributed by atoms with Gasteiger partial charge in [0.1, 0.15) is 18.9 Å². The Morgan fingerprint density at radius 1 is 0.923 bits per heavy atom. The molecule has 39 heavy (non-hydrogen) atoms. The number of esters is 1. The van der Waals surface area contributed by atoms with Gasteiger partial charge in [0, 0.05) is 35.8 Å². The van der Waals surface area contributed by atoms with Crippen LogP contribution in [0.5, 0.6) is 5.75 Å². The number of hydrogen-bond donors (Lipinski definition) is 0. The van der Waals surface area contributed by atoms with Crippen molar-refractivity contribution >= 4 is 28.9 Å². The number of hydrogen-bond acceptors (Lipinski definition) is 4. The van der Waals surface area contributed by atoms with E-state index in [1.165, 1.54) is 5.56 Å². The number of fused-ring (bicyclic) bond motifs is 1. The number of carbonyl (C=O) groups excluding carboxylic acids is 2. The molecule has 6 nitrogen and oxygen atoms in total. The molecular formula is C33H36N2O4. The quantitative estimate of drug-likeness (QED) is 0.173. The largest absolute Gasteiger partial charge is 0.488 e. The van der Waals surface area contributed by atoms with Crippen molar-refractivity contribution in [3.63, 3.8) is 0 Å². The monoisotopic (exact) mass is 524 g/mol. The van der Waals surface area contributed by atoms with Crippen molar-refractivity contribution in [1.82, 2.24) is 9.47 Å². The molecule has 0 atom stereocenters. The predicted molar refractivity (Wildman–Crippen MR) is 156 cm³/mol. The Hall–Kier alpha value is -4.32. The van der Waals surface area contributed by atoms with Crippen molar-refractivity contribution < 1.29 is 19.1 Å². The summed E-state index contributed by atoms with van der Waals surface area (Å²) in [6, 6.07) is 26.0. The van der Waals surface area contributed by atoms with Gasteiger partial charge < -0.3 is 18.9 Å². The van der Waals surface area contributed by atoms with Crippen LogP contribution in [0.1, 0.15) is 36.2 Å². The van der Waals surface area contributed by atoms with E-state index in [0.29, 0.717) is 31.1 Å². The molecule has 0 aliphatic heterocycles. The van der Waals surface area contributed by atoms with E-state index in [1.807, 2.05) is 91.3 Å². The molecule has 0 fully saturated rings. The smallest absolute Gasteiger partial charge is 0.333 e. The molecule has 6 heteroatoms. The van der Waals surface area contributed by atoms with Crippen LogP contribution in [0.25, 0.3) is 17.0 Å². The molecule has 0 spiro atoms. The van der Waals surface area contributed by atoms with Crippen molar-refractivity contribution in [2.45, 2.75) is 40.3 Å². The molecule has 1 aromatic heterocycles. The fourth-order valence-electron chi connectivity index (χ4n) is 4.60. The lowest BCUT2D eigenvalue weighted by atomic mass is 10.1. The zero-order valence-corrected chi connectivity index (χ0v) is 23.1. The molecule has 0 N–H and O–H groups in total. The fraction of sp³-hybridized carbons (Fsp3) is 0.273. The number of aromatic nitrogens is 1. The second kappa shape index (κ2) is 13.0. The van der Waals surface area contributed by atoms with Crippen LogP contribution in [0.4, 0.5) is 0 Å². The van der Waals surface area contributed by atoms with Gasteiger partial charge in [0.25, 0.3) is 0 Å². The summed E-state index contributed by atoms with van der Waals surface area (Å²) in [6.45, 7) is 7.03. The molecule has 0 saturated carbocycles. The summed E-state index contributed by atoms with van der Waals surface area (Å²) in [5.74, 6) is 0.349. The SMILES string of the molecule is CCOC(=O)/C(C)=C/c1c(C)n(CC(=O)N(C)CCc2ccccc2)c2cccc(OCc3ccccc3)c12. The molecule has 202 valence electrons. The van der Waals surface area contributed by atoms with Gasteiger partial charge in [-0.05, 0) is 56.5 Å². The Morgan fingerprint density at radius 2 is 1.59 bits per heavy atom. The first-order valence-corrected chi connectivity index (χ1v) is 13.3. The van der Waals surface area contributed by atoms with Crippen LogP contribution >= 0.6 is 0 Å². The Kier molecular flexibility index (Phi) is 9.21. The Balaban J connectivity index is 1.67. The number of carbonyl (C=O) groups is 2. The van der Waals surface area contributed by atoms with E-state index in [1.54, 1.807) is 18.7 Å². The van der Waals surface area contributed by atoms with Crippen LogP contribution in [0, 0.1) is 6.92 Å². The molecule has 0 saturated heterocycles. The minimum Gasteiger partial charge on any atom is -0.488 e. The van der Waals surface area contributed by atoms with E-state index in [0.717, 1.165) is 34.1 Å². The summed E-state index contributed by atoms with van der Waals surface area (Å²) in [5, 5.41) is 0.870. The average molecular weight is 525 g/mol. The predicted octanol–water partition coefficient (Wildman–Crippen LogP) is 6.20. The van der Waals surface area contributed by atoms with Gasteiger partial charge in [-0.2, -0.15) is 0 Å². The van der Waals surface area contributed by atoms with E-state index >= 15 is 0 Å². The van der Waals surface area contributed by atoms with Gasteiger partial charge in [-0.3, -0.25) is 4.79 Å². The summed E-state index contributed by atoms with van der Waals surface area (Å²) in [7, 11) is 1.84. The maximum absolute atomic E-state index is 13.3. The van der Waals surface area contributed by atoms with Gasteiger partial charge in [-0.15, -0.1) is 0 Å². The first kappa shape index (κ1) is 27.7. The minimum atomic E-state index is -0.364. The van der Waals surface area contributed by atoms with Crippen LogP contribution in [0.3, 0.4) is 0 Å². The molecule has 3 aromatic carbocycles. The second-order valence-electron chi connectivity index (χ2n) is 9.61. The third-order valence-corrected chi connectivity index (χ3v) is 6.85. The molecule has 0 aliphatic rings. The zero-order valence-electron chi connectivity index (χ0n) is 23.1. The normalized spacial score (nSPS) is 11.4. The van der Waals surface area contributed by atoms with Crippen molar-refractivity contribution in [1.29, 1.82) is 0 Å². The number of nitrogens with zero attached hydrogens (tertiary/aromatic N) is 2. The number of ether oxygens (including phenoxy) is 2. The number of amides is 1. The van der Waals surface area contributed by atoms with Gasteiger partial charge in [-0.25, -0.2) is 4.79 Å². The third kappa shape index (κ3) is 6.77. The van der Waals surface area contributed by atoms with Crippen LogP contribution in [0.2, 0.25) is 0 Å². The van der Waals surface area contributed by atoms with Gasteiger partial charge >= 0.3 is 5.97 Å². The second-order valence-corrected chi connectivity index (χ2v) is 9.61. The standard InChI is InChI=1S/C33H36N2O4/c1-5-38-33(37)24(2)21-28-25(3)35(22-31(36)34(4)20-19-26-13-8-6-9-14-26)29-17-12-18-30(32(28)29)39-23-27-15-10-7-11-16-27/h6-18,21H,5,19-20,22-23H2,1-4H3/b24-21+. The summed E-state index contributed by atoms with van der Waals surface area (Å²) in [5.41, 5.74) is 5.35. The molecule has 1 amide bonds. The maximum Gasteiger partial charge on any atom is 0.333 e. The van der Waals surface area contributed by atoms with Gasteiger partial charge in [0.05, 0.1) is 12.1 Å². The Morgan fingerprint density at radius 3 is 2.26 bits per heavy atom. The molecule has 4 aromatic rings. The topological polar surface area (TPSA) is 60.8 Å². The fourth-order valence-corrected chi connectivity index (χ4v) is 4.60. The molecule has 0 bridgehead atoms. The van der Waals surface area contributed by atoms with Crippen LogP contribution in [0.15, 0.2) is 84.4 Å². The summed E-state index contributed by atoms with van der Waals surface area (Å²) in [6.07, 6.45) is 2.63. The zero-order chi connectivity index (χ0) is 27.8. The summed E-state index contributed by atoms with van der Waals surface area (Å²) < 4.78 is 13.5. The molecule has 0 aliphatic carbocycles. The van der Waals surface area contributed by atoms with Crippen molar-refractivity contribution in [3.05, 3.63) is 107 Å². The molecule has 0 unspecified atom stereocenters. The highest BCUT2D eigenvalue weighted by Crippen LogP contribution is 2.36. The van der Waals surface area contributed by atoms with E-state index < -0.39 is 0 Å². The summed E-state index contributed by atoms with van der Waals surface area (Å²) >= 11 is 0. The van der Waals surface area contributed by atoms with Crippen LogP contribution in [-0.2, 0) is 33.9 Å². The highest BCUT2D eigenvalue weighted by molar-refractivity contribution is 6.01. The van der Waals surface area contributed by atoms with E-state index in [4.69, 9.17) is 9.47 Å². The minimum absolute atomic E-state index is 0.0131. The molecule has 4 rings (SSSR count). The molecular weight excluding hydrogens is 488 g/mol. The van der Waals surface area contributed by atoms with Crippen molar-refractivity contribution in [2.24, 2.45) is 0 Å². The highest BCUT2D eigenvalue weighted by atomic mass is 16.5. The third-order valence-electron chi connectivity index (χ3n) is 6.85. The van der Waals surface area contributed by atoms with Gasteiger partial charge in [0.15, 0.2) is 0 Å². The Labute approximate surface area is 230 Å². The highest BCUT2D eigenvalue weighted by Gasteiger charge is 2.21. The van der Waals surface area contributed by atoms with Crippen molar-refractivity contribution in [3.8, 4) is 5.75 Å². The first-order valence-electron chi connectivity index (χ1n) is 13.3. The van der Waals surface area contributed by atoms with Crippen LogP contribution in [-0.4, -0.2) is 41.5 Å². The van der Waals surface area contributed by atoms with E-state index in [-0.39, 0.29) is 18.4 Å². The molecule has 1 heterocycles. The van der Waals surface area contributed by atoms with Gasteiger partial charge in [0.2, 0.25) is 5.91 Å². The number of rotatable bonds is 11. The number of likely N-dealkylation sites (N-methyl/N-ethyl adjacent to an activating group) is 1. The lowest BCUT2D eigenvalue weighted by Gasteiger charge is -2.19. The lowest BCUT2D eigenvalue weighted by molar-refractivity contribution is -0.138. The summed E-state index contributed by atoms with van der Waals surface area (Å²) in [4.78, 5) is 27.6.